The fourth-order valence-electron chi connectivity index (χ4n) is 2.63. The van der Waals surface area contributed by atoms with Crippen LogP contribution in [0.15, 0.2) is 24.3 Å². The fraction of sp³-hybridized carbons (Fsp3) is 0.647. The second-order valence-electron chi connectivity index (χ2n) is 8.15. The van der Waals surface area contributed by atoms with Crippen LogP contribution in [0.4, 0.5) is 0 Å². The molecule has 0 aliphatic heterocycles. The summed E-state index contributed by atoms with van der Waals surface area (Å²) in [5.41, 5.74) is 1.86. The molecule has 5 heteroatoms. The zero-order valence-corrected chi connectivity index (χ0v) is 15.5. The predicted molar refractivity (Wildman–Crippen MR) is 94.9 cm³/mol. The third-order valence-corrected chi connectivity index (χ3v) is 9.93. The molecule has 0 amide bonds. The van der Waals surface area contributed by atoms with Gasteiger partial charge >= 0.3 is 7.12 Å². The van der Waals surface area contributed by atoms with E-state index in [1.54, 1.807) is 12.1 Å². The summed E-state index contributed by atoms with van der Waals surface area (Å²) in [5, 5.41) is 18.5. The molecule has 1 aromatic carbocycles. The number of hydrogen-bond acceptors (Lipinski definition) is 3. The standard InChI is InChI=1S/C17H29BO3Si/c1-17(2,3)22(4,5)21-12-13-10-15(11-13)14-6-8-16(9-7-14)18(19)20/h6-9,13,15,19-20H,10-12H2,1-5H3. The van der Waals surface area contributed by atoms with E-state index in [1.807, 2.05) is 12.1 Å². The maximum absolute atomic E-state index is 9.12. The van der Waals surface area contributed by atoms with E-state index >= 15 is 0 Å². The predicted octanol–water partition coefficient (Wildman–Crippen LogP) is 2.88. The first-order chi connectivity index (χ1) is 10.1. The molecule has 22 heavy (non-hydrogen) atoms. The van der Waals surface area contributed by atoms with E-state index in [1.165, 1.54) is 18.4 Å². The van der Waals surface area contributed by atoms with Gasteiger partial charge in [0.05, 0.1) is 0 Å². The SMILES string of the molecule is CC(C)(C)[Si](C)(C)OCC1CC(c2ccc(B(O)O)cc2)C1. The Morgan fingerprint density at radius 3 is 2.14 bits per heavy atom. The van der Waals surface area contributed by atoms with Crippen molar-refractivity contribution in [2.45, 2.75) is 57.7 Å². The van der Waals surface area contributed by atoms with Gasteiger partial charge in [-0.25, -0.2) is 0 Å². The maximum Gasteiger partial charge on any atom is 0.488 e. The highest BCUT2D eigenvalue weighted by atomic mass is 28.4. The van der Waals surface area contributed by atoms with E-state index in [4.69, 9.17) is 14.5 Å². The zero-order chi connectivity index (χ0) is 16.5. The van der Waals surface area contributed by atoms with Gasteiger partial charge in [-0.05, 0) is 53.8 Å². The van der Waals surface area contributed by atoms with Crippen molar-refractivity contribution in [1.82, 2.24) is 0 Å². The van der Waals surface area contributed by atoms with Crippen molar-refractivity contribution in [3.05, 3.63) is 29.8 Å². The first kappa shape index (κ1) is 17.7. The molecule has 0 aromatic heterocycles. The van der Waals surface area contributed by atoms with Crippen molar-refractivity contribution in [2.24, 2.45) is 5.92 Å². The molecule has 0 atom stereocenters. The quantitative estimate of drug-likeness (QED) is 0.820. The Morgan fingerprint density at radius 2 is 1.68 bits per heavy atom. The van der Waals surface area contributed by atoms with Crippen LogP contribution >= 0.6 is 0 Å². The maximum atomic E-state index is 9.12. The van der Waals surface area contributed by atoms with Crippen LogP contribution in [0, 0.1) is 5.92 Å². The summed E-state index contributed by atoms with van der Waals surface area (Å²) >= 11 is 0. The van der Waals surface area contributed by atoms with Crippen molar-refractivity contribution >= 4 is 20.9 Å². The molecular formula is C17H29BO3Si. The monoisotopic (exact) mass is 320 g/mol. The summed E-state index contributed by atoms with van der Waals surface area (Å²) in [7, 11) is -3.00. The highest BCUT2D eigenvalue weighted by Crippen LogP contribution is 2.43. The lowest BCUT2D eigenvalue weighted by Gasteiger charge is -2.41. The van der Waals surface area contributed by atoms with Gasteiger partial charge in [-0.1, -0.05) is 45.0 Å². The molecule has 0 unspecified atom stereocenters. The van der Waals surface area contributed by atoms with E-state index in [2.05, 4.69) is 33.9 Å². The minimum atomic E-state index is -1.63. The molecule has 1 aliphatic carbocycles. The zero-order valence-electron chi connectivity index (χ0n) is 14.5. The van der Waals surface area contributed by atoms with E-state index in [9.17, 15) is 0 Å². The molecule has 0 radical (unpaired) electrons. The Balaban J connectivity index is 1.80. The van der Waals surface area contributed by atoms with Gasteiger partial charge in [-0.2, -0.15) is 0 Å². The summed E-state index contributed by atoms with van der Waals surface area (Å²) < 4.78 is 6.31. The smallest absolute Gasteiger partial charge is 0.423 e. The largest absolute Gasteiger partial charge is 0.488 e. The van der Waals surface area contributed by atoms with Crippen LogP contribution in [0.3, 0.4) is 0 Å². The molecule has 0 bridgehead atoms. The first-order valence-corrected chi connectivity index (χ1v) is 11.1. The molecule has 2 rings (SSSR count). The van der Waals surface area contributed by atoms with E-state index in [0.717, 1.165) is 6.61 Å². The summed E-state index contributed by atoms with van der Waals surface area (Å²) in [5.74, 6) is 1.26. The summed E-state index contributed by atoms with van der Waals surface area (Å²) in [6.45, 7) is 12.3. The number of benzene rings is 1. The molecule has 0 heterocycles. The molecule has 2 N–H and O–H groups in total. The first-order valence-electron chi connectivity index (χ1n) is 8.20. The van der Waals surface area contributed by atoms with Crippen LogP contribution in [0.2, 0.25) is 18.1 Å². The highest BCUT2D eigenvalue weighted by molar-refractivity contribution is 6.74. The molecular weight excluding hydrogens is 291 g/mol. The van der Waals surface area contributed by atoms with Crippen LogP contribution in [0.25, 0.3) is 0 Å². The molecule has 122 valence electrons. The van der Waals surface area contributed by atoms with Gasteiger partial charge in [0.2, 0.25) is 0 Å². The van der Waals surface area contributed by atoms with Crippen LogP contribution in [0.5, 0.6) is 0 Å². The molecule has 1 saturated carbocycles. The molecule has 1 aromatic rings. The molecule has 3 nitrogen and oxygen atoms in total. The third kappa shape index (κ3) is 4.02. The van der Waals surface area contributed by atoms with Crippen LogP contribution < -0.4 is 5.46 Å². The molecule has 1 aliphatic rings. The second kappa shape index (κ2) is 6.48. The van der Waals surface area contributed by atoms with E-state index in [0.29, 0.717) is 17.3 Å². The Hall–Kier alpha value is -0.618. The van der Waals surface area contributed by atoms with Crippen LogP contribution in [-0.4, -0.2) is 32.1 Å². The van der Waals surface area contributed by atoms with Crippen molar-refractivity contribution in [3.8, 4) is 0 Å². The number of rotatable bonds is 5. The summed E-state index contributed by atoms with van der Waals surface area (Å²) in [4.78, 5) is 0. The molecule has 0 saturated heterocycles. The van der Waals surface area contributed by atoms with Gasteiger partial charge in [0.25, 0.3) is 0 Å². The van der Waals surface area contributed by atoms with Gasteiger partial charge in [-0.3, -0.25) is 0 Å². The highest BCUT2D eigenvalue weighted by Gasteiger charge is 2.39. The van der Waals surface area contributed by atoms with Crippen molar-refractivity contribution in [2.75, 3.05) is 6.61 Å². The Bertz CT molecular complexity index is 488. The van der Waals surface area contributed by atoms with Crippen LogP contribution in [-0.2, 0) is 4.43 Å². The summed E-state index contributed by atoms with van der Waals surface area (Å²) in [6, 6.07) is 7.65. The van der Waals surface area contributed by atoms with E-state index < -0.39 is 15.4 Å². The van der Waals surface area contributed by atoms with Gasteiger partial charge in [0, 0.05) is 6.61 Å². The minimum absolute atomic E-state index is 0.275. The van der Waals surface area contributed by atoms with Crippen molar-refractivity contribution in [3.63, 3.8) is 0 Å². The topological polar surface area (TPSA) is 49.7 Å². The normalized spacial score (nSPS) is 22.3. The summed E-state index contributed by atoms with van der Waals surface area (Å²) in [6.07, 6.45) is 2.35. The molecule has 1 fully saturated rings. The van der Waals surface area contributed by atoms with Gasteiger partial charge in [0.1, 0.15) is 0 Å². The lowest BCUT2D eigenvalue weighted by atomic mass is 9.71. The minimum Gasteiger partial charge on any atom is -0.423 e. The van der Waals surface area contributed by atoms with Crippen molar-refractivity contribution in [1.29, 1.82) is 0 Å². The Kier molecular flexibility index (Phi) is 5.22. The van der Waals surface area contributed by atoms with E-state index in [-0.39, 0.29) is 5.04 Å². The Morgan fingerprint density at radius 1 is 1.14 bits per heavy atom. The van der Waals surface area contributed by atoms with Gasteiger partial charge in [-0.15, -0.1) is 0 Å². The Labute approximate surface area is 136 Å². The van der Waals surface area contributed by atoms with Gasteiger partial charge in [0.15, 0.2) is 8.32 Å². The average molecular weight is 320 g/mol. The second-order valence-corrected chi connectivity index (χ2v) is 13.0. The van der Waals surface area contributed by atoms with Crippen molar-refractivity contribution < 1.29 is 14.5 Å². The lowest BCUT2D eigenvalue weighted by molar-refractivity contribution is 0.147. The number of hydrogen-bond donors (Lipinski definition) is 2. The third-order valence-electron chi connectivity index (χ3n) is 5.43. The van der Waals surface area contributed by atoms with Gasteiger partial charge < -0.3 is 14.5 Å². The molecule has 0 spiro atoms. The lowest BCUT2D eigenvalue weighted by Crippen LogP contribution is -2.43. The average Bonchev–Trinajstić information content (AvgIpc) is 2.35. The fourth-order valence-corrected chi connectivity index (χ4v) is 3.71. The van der Waals surface area contributed by atoms with Crippen LogP contribution in [0.1, 0.15) is 45.1 Å².